The van der Waals surface area contributed by atoms with Crippen molar-refractivity contribution in [2.75, 3.05) is 17.9 Å². The third-order valence-electron chi connectivity index (χ3n) is 6.89. The monoisotopic (exact) mass is 587 g/mol. The number of likely N-dealkylation sites (N-methyl/N-ethyl adjacent to an activating group) is 1. The second kappa shape index (κ2) is 13.4. The van der Waals surface area contributed by atoms with Crippen LogP contribution < -0.4 is 9.62 Å². The highest BCUT2D eigenvalue weighted by Gasteiger charge is 2.34. The lowest BCUT2D eigenvalue weighted by atomic mass is 10.0. The Labute approximate surface area is 246 Å². The van der Waals surface area contributed by atoms with E-state index in [-0.39, 0.29) is 17.9 Å². The molecular weight excluding hydrogens is 553 g/mol. The highest BCUT2D eigenvalue weighted by atomic mass is 32.2. The number of nitrogens with one attached hydrogen (secondary N) is 1. The van der Waals surface area contributed by atoms with Gasteiger partial charge in [-0.3, -0.25) is 13.9 Å². The Morgan fingerprint density at radius 3 is 1.95 bits per heavy atom. The molecule has 218 valence electrons. The van der Waals surface area contributed by atoms with Crippen LogP contribution >= 0.6 is 0 Å². The Morgan fingerprint density at radius 1 is 0.810 bits per heavy atom. The summed E-state index contributed by atoms with van der Waals surface area (Å²) >= 11 is 0. The van der Waals surface area contributed by atoms with Gasteiger partial charge in [0.2, 0.25) is 11.8 Å². The van der Waals surface area contributed by atoms with Crippen molar-refractivity contribution >= 4 is 27.5 Å². The Hall–Kier alpha value is -4.50. The summed E-state index contributed by atoms with van der Waals surface area (Å²) in [7, 11) is -2.68. The molecule has 4 aromatic carbocycles. The molecule has 0 aliphatic heterocycles. The molecule has 1 unspecified atom stereocenters. The van der Waals surface area contributed by atoms with Gasteiger partial charge in [0, 0.05) is 20.0 Å². The van der Waals surface area contributed by atoms with Gasteiger partial charge >= 0.3 is 0 Å². The van der Waals surface area contributed by atoms with Crippen LogP contribution in [0, 0.1) is 19.7 Å². The molecule has 1 N–H and O–H groups in total. The molecule has 7 nitrogen and oxygen atoms in total. The highest BCUT2D eigenvalue weighted by molar-refractivity contribution is 7.92. The van der Waals surface area contributed by atoms with Gasteiger partial charge in [0.25, 0.3) is 10.0 Å². The molecule has 0 fully saturated rings. The number of sulfonamides is 1. The fourth-order valence-corrected chi connectivity index (χ4v) is 6.27. The summed E-state index contributed by atoms with van der Waals surface area (Å²) in [6, 6.07) is 27.2. The average molecular weight is 588 g/mol. The Balaban J connectivity index is 1.80. The zero-order valence-electron chi connectivity index (χ0n) is 23.8. The van der Waals surface area contributed by atoms with Crippen molar-refractivity contribution in [3.8, 4) is 0 Å². The summed E-state index contributed by atoms with van der Waals surface area (Å²) in [6.45, 7) is 3.13. The first-order valence-electron chi connectivity index (χ1n) is 13.5. The number of carbonyl (C=O) groups is 2. The lowest BCUT2D eigenvalue weighted by Gasteiger charge is -2.33. The van der Waals surface area contributed by atoms with Gasteiger partial charge in [-0.25, -0.2) is 12.8 Å². The van der Waals surface area contributed by atoms with Gasteiger partial charge in [-0.15, -0.1) is 0 Å². The minimum atomic E-state index is -4.17. The Morgan fingerprint density at radius 2 is 1.38 bits per heavy atom. The summed E-state index contributed by atoms with van der Waals surface area (Å²) < 4.78 is 42.8. The maximum Gasteiger partial charge on any atom is 0.264 e. The van der Waals surface area contributed by atoms with E-state index in [0.29, 0.717) is 11.3 Å². The summed E-state index contributed by atoms with van der Waals surface area (Å²) in [5, 5.41) is 2.65. The van der Waals surface area contributed by atoms with E-state index < -0.39 is 40.2 Å². The second-order valence-electron chi connectivity index (χ2n) is 10.1. The summed E-state index contributed by atoms with van der Waals surface area (Å²) in [6.07, 6.45) is 0.197. The molecule has 9 heteroatoms. The second-order valence-corrected chi connectivity index (χ2v) is 12.0. The molecule has 0 saturated carbocycles. The average Bonchev–Trinajstić information content (AvgIpc) is 2.98. The number of rotatable bonds is 11. The molecule has 2 amide bonds. The van der Waals surface area contributed by atoms with Gasteiger partial charge in [-0.05, 0) is 72.5 Å². The van der Waals surface area contributed by atoms with Crippen molar-refractivity contribution in [1.29, 1.82) is 0 Å². The molecule has 1 atom stereocenters. The lowest BCUT2D eigenvalue weighted by Crippen LogP contribution is -2.53. The lowest BCUT2D eigenvalue weighted by molar-refractivity contribution is -0.139. The van der Waals surface area contributed by atoms with Crippen molar-refractivity contribution < 1.29 is 22.4 Å². The van der Waals surface area contributed by atoms with E-state index in [4.69, 9.17) is 0 Å². The first-order chi connectivity index (χ1) is 20.1. The maximum absolute atomic E-state index is 14.3. The van der Waals surface area contributed by atoms with E-state index >= 15 is 0 Å². The molecule has 0 aromatic heterocycles. The van der Waals surface area contributed by atoms with Crippen molar-refractivity contribution in [2.24, 2.45) is 0 Å². The van der Waals surface area contributed by atoms with Crippen LogP contribution in [0.3, 0.4) is 0 Å². The molecule has 0 aliphatic carbocycles. The molecule has 0 aliphatic rings. The minimum absolute atomic E-state index is 0.0316. The molecule has 0 saturated heterocycles. The number of aryl methyl sites for hydroxylation is 2. The van der Waals surface area contributed by atoms with Crippen molar-refractivity contribution in [1.82, 2.24) is 10.2 Å². The predicted octanol–water partition coefficient (Wildman–Crippen LogP) is 5.02. The van der Waals surface area contributed by atoms with Gasteiger partial charge in [-0.1, -0.05) is 66.7 Å². The molecule has 4 aromatic rings. The number of nitrogens with zero attached hydrogens (tertiary/aromatic N) is 2. The molecule has 0 radical (unpaired) electrons. The van der Waals surface area contributed by atoms with Crippen LogP contribution in [-0.2, 0) is 32.6 Å². The molecule has 42 heavy (non-hydrogen) atoms. The molecular formula is C33H34FN3O4S. The van der Waals surface area contributed by atoms with Crippen LogP contribution in [0.5, 0.6) is 0 Å². The van der Waals surface area contributed by atoms with Gasteiger partial charge in [0.05, 0.1) is 10.6 Å². The van der Waals surface area contributed by atoms with Gasteiger partial charge in [0.1, 0.15) is 18.4 Å². The topological polar surface area (TPSA) is 86.8 Å². The fraction of sp³-hybridized carbons (Fsp3) is 0.212. The number of benzene rings is 4. The summed E-state index contributed by atoms with van der Waals surface area (Å²) in [4.78, 5) is 28.9. The molecule has 0 bridgehead atoms. The number of anilines is 1. The van der Waals surface area contributed by atoms with Crippen molar-refractivity contribution in [3.05, 3.63) is 131 Å². The van der Waals surface area contributed by atoms with Crippen LogP contribution in [0.4, 0.5) is 10.1 Å². The molecule has 0 heterocycles. The SMILES string of the molecule is CNC(=O)C(Cc1ccccc1)N(Cc1ccc(F)cc1)C(=O)CN(c1cc(C)cc(C)c1)S(=O)(=O)c1ccccc1. The number of hydrogen-bond acceptors (Lipinski definition) is 4. The van der Waals surface area contributed by atoms with Gasteiger partial charge in [0.15, 0.2) is 0 Å². The first kappa shape index (κ1) is 30.5. The number of carbonyl (C=O) groups excluding carboxylic acids is 2. The third kappa shape index (κ3) is 7.41. The van der Waals surface area contributed by atoms with Crippen LogP contribution in [0.25, 0.3) is 0 Å². The van der Waals surface area contributed by atoms with Crippen LogP contribution in [-0.4, -0.2) is 44.8 Å². The van der Waals surface area contributed by atoms with Crippen LogP contribution in [0.15, 0.2) is 108 Å². The number of amides is 2. The predicted molar refractivity (Wildman–Crippen MR) is 162 cm³/mol. The number of halogens is 1. The molecule has 0 spiro atoms. The maximum atomic E-state index is 14.3. The first-order valence-corrected chi connectivity index (χ1v) is 15.0. The number of hydrogen-bond donors (Lipinski definition) is 1. The largest absolute Gasteiger partial charge is 0.357 e. The Kier molecular flexibility index (Phi) is 9.75. The third-order valence-corrected chi connectivity index (χ3v) is 8.68. The summed E-state index contributed by atoms with van der Waals surface area (Å²) in [5.41, 5.74) is 3.43. The van der Waals surface area contributed by atoms with E-state index in [9.17, 15) is 22.4 Å². The standard InChI is InChI=1S/C33H34FN3O4S/c1-24-18-25(2)20-29(19-24)37(42(40,41)30-12-8-5-9-13-30)23-32(38)36(22-27-14-16-28(34)17-15-27)31(33(39)35-3)21-26-10-6-4-7-11-26/h4-20,31H,21-23H2,1-3H3,(H,35,39). The van der Waals surface area contributed by atoms with Crippen LogP contribution in [0.2, 0.25) is 0 Å². The van der Waals surface area contributed by atoms with E-state index in [1.54, 1.807) is 42.5 Å². The van der Waals surface area contributed by atoms with Crippen molar-refractivity contribution in [2.45, 2.75) is 37.8 Å². The van der Waals surface area contributed by atoms with E-state index in [2.05, 4.69) is 5.32 Å². The summed E-state index contributed by atoms with van der Waals surface area (Å²) in [5.74, 6) is -1.42. The van der Waals surface area contributed by atoms with Crippen LogP contribution in [0.1, 0.15) is 22.3 Å². The van der Waals surface area contributed by atoms with E-state index in [1.165, 1.54) is 36.2 Å². The zero-order chi connectivity index (χ0) is 30.3. The quantitative estimate of drug-likeness (QED) is 0.267. The van der Waals surface area contributed by atoms with E-state index in [1.807, 2.05) is 50.2 Å². The Bertz CT molecular complexity index is 1610. The van der Waals surface area contributed by atoms with Crippen molar-refractivity contribution in [3.63, 3.8) is 0 Å². The van der Waals surface area contributed by atoms with Gasteiger partial charge in [-0.2, -0.15) is 0 Å². The van der Waals surface area contributed by atoms with E-state index in [0.717, 1.165) is 21.0 Å². The normalized spacial score (nSPS) is 11.9. The van der Waals surface area contributed by atoms with Gasteiger partial charge < -0.3 is 10.2 Å². The molecule has 4 rings (SSSR count). The fourth-order valence-electron chi connectivity index (χ4n) is 4.85. The highest BCUT2D eigenvalue weighted by Crippen LogP contribution is 2.27. The zero-order valence-corrected chi connectivity index (χ0v) is 24.6. The minimum Gasteiger partial charge on any atom is -0.357 e. The smallest absolute Gasteiger partial charge is 0.264 e.